The van der Waals surface area contributed by atoms with Crippen molar-refractivity contribution in [2.75, 3.05) is 53.6 Å². The van der Waals surface area contributed by atoms with E-state index in [1.165, 1.54) is 0 Å². The molecule has 6 heteroatoms. The Kier molecular flexibility index (Phi) is 18.1. The molecule has 0 spiro atoms. The summed E-state index contributed by atoms with van der Waals surface area (Å²) in [6, 6.07) is 0. The molecular formula is C23H46N2O4. The van der Waals surface area contributed by atoms with E-state index in [4.69, 9.17) is 9.47 Å². The van der Waals surface area contributed by atoms with E-state index >= 15 is 0 Å². The number of rotatable bonds is 19. The zero-order valence-electron chi connectivity index (χ0n) is 19.7. The van der Waals surface area contributed by atoms with Crippen molar-refractivity contribution in [3.8, 4) is 0 Å². The molecule has 2 amide bonds. The molecule has 0 radical (unpaired) electrons. The number of hydrogen-bond donors (Lipinski definition) is 0. The standard InChI is InChI=1S/C23H46N2O4/c1-6-9-16-24(4)22(26)21(23(27)25(5)17-10-7-2)15-13-11-12-14-18-29-20-19-28-8-3/h21H,6-20H2,1-5H3. The van der Waals surface area contributed by atoms with Gasteiger partial charge in [-0.15, -0.1) is 0 Å². The average Bonchev–Trinajstić information content (AvgIpc) is 2.73. The molecule has 0 saturated carbocycles. The number of carbonyl (C=O) groups excluding carboxylic acids is 2. The van der Waals surface area contributed by atoms with Crippen LogP contribution in [0.2, 0.25) is 0 Å². The Morgan fingerprint density at radius 3 is 1.72 bits per heavy atom. The zero-order valence-corrected chi connectivity index (χ0v) is 19.7. The van der Waals surface area contributed by atoms with Crippen LogP contribution in [0.15, 0.2) is 0 Å². The van der Waals surface area contributed by atoms with Gasteiger partial charge in [0.05, 0.1) is 13.2 Å². The van der Waals surface area contributed by atoms with Gasteiger partial charge in [-0.3, -0.25) is 9.59 Å². The predicted molar refractivity (Wildman–Crippen MR) is 119 cm³/mol. The molecular weight excluding hydrogens is 368 g/mol. The summed E-state index contributed by atoms with van der Waals surface area (Å²) in [4.78, 5) is 29.3. The molecule has 0 atom stereocenters. The quantitative estimate of drug-likeness (QED) is 0.236. The van der Waals surface area contributed by atoms with E-state index < -0.39 is 5.92 Å². The van der Waals surface area contributed by atoms with Crippen molar-refractivity contribution in [3.63, 3.8) is 0 Å². The summed E-state index contributed by atoms with van der Waals surface area (Å²) in [6.45, 7) is 10.4. The van der Waals surface area contributed by atoms with Gasteiger partial charge in [-0.05, 0) is 32.6 Å². The highest BCUT2D eigenvalue weighted by Gasteiger charge is 2.30. The van der Waals surface area contributed by atoms with Crippen molar-refractivity contribution in [3.05, 3.63) is 0 Å². The summed E-state index contributed by atoms with van der Waals surface area (Å²) >= 11 is 0. The molecule has 0 heterocycles. The van der Waals surface area contributed by atoms with Crippen molar-refractivity contribution in [2.24, 2.45) is 5.92 Å². The van der Waals surface area contributed by atoms with Crippen LogP contribution in [0.5, 0.6) is 0 Å². The maximum absolute atomic E-state index is 12.9. The van der Waals surface area contributed by atoms with E-state index in [0.29, 0.717) is 19.6 Å². The molecule has 0 bridgehead atoms. The third kappa shape index (κ3) is 13.7. The third-order valence-corrected chi connectivity index (χ3v) is 5.15. The first-order valence-electron chi connectivity index (χ1n) is 11.6. The topological polar surface area (TPSA) is 59.1 Å². The molecule has 0 aliphatic heterocycles. The van der Waals surface area contributed by atoms with E-state index in [1.54, 1.807) is 9.80 Å². The Balaban J connectivity index is 4.41. The number of nitrogens with zero attached hydrogens (tertiary/aromatic N) is 2. The van der Waals surface area contributed by atoms with Gasteiger partial charge in [0.2, 0.25) is 11.8 Å². The van der Waals surface area contributed by atoms with Crippen molar-refractivity contribution in [2.45, 2.75) is 78.6 Å². The summed E-state index contributed by atoms with van der Waals surface area (Å²) in [5.41, 5.74) is 0. The second kappa shape index (κ2) is 18.9. The highest BCUT2D eigenvalue weighted by Crippen LogP contribution is 2.17. The first-order valence-corrected chi connectivity index (χ1v) is 11.6. The van der Waals surface area contributed by atoms with Gasteiger partial charge in [0.1, 0.15) is 5.92 Å². The van der Waals surface area contributed by atoms with Crippen molar-refractivity contribution in [1.29, 1.82) is 0 Å². The third-order valence-electron chi connectivity index (χ3n) is 5.15. The minimum absolute atomic E-state index is 0.0222. The molecule has 0 aliphatic carbocycles. The number of amides is 2. The number of hydrogen-bond acceptors (Lipinski definition) is 4. The normalized spacial score (nSPS) is 11.1. The van der Waals surface area contributed by atoms with Crippen LogP contribution in [0.1, 0.15) is 78.6 Å². The maximum atomic E-state index is 12.9. The van der Waals surface area contributed by atoms with Crippen LogP contribution in [-0.4, -0.2) is 75.2 Å². The molecule has 0 aromatic heterocycles. The predicted octanol–water partition coefficient (Wildman–Crippen LogP) is 4.12. The van der Waals surface area contributed by atoms with Crippen molar-refractivity contribution in [1.82, 2.24) is 9.80 Å². The smallest absolute Gasteiger partial charge is 0.234 e. The molecule has 0 aromatic rings. The van der Waals surface area contributed by atoms with E-state index in [1.807, 2.05) is 21.0 Å². The minimum Gasteiger partial charge on any atom is -0.379 e. The van der Waals surface area contributed by atoms with Crippen LogP contribution >= 0.6 is 0 Å². The van der Waals surface area contributed by atoms with Gasteiger partial charge in [0.15, 0.2) is 0 Å². The molecule has 0 rings (SSSR count). The Bertz CT molecular complexity index is 392. The highest BCUT2D eigenvalue weighted by atomic mass is 16.5. The largest absolute Gasteiger partial charge is 0.379 e. The van der Waals surface area contributed by atoms with Crippen LogP contribution in [0, 0.1) is 5.92 Å². The maximum Gasteiger partial charge on any atom is 0.234 e. The molecule has 172 valence electrons. The van der Waals surface area contributed by atoms with Gasteiger partial charge in [0, 0.05) is 40.4 Å². The van der Waals surface area contributed by atoms with Crippen molar-refractivity contribution < 1.29 is 19.1 Å². The van der Waals surface area contributed by atoms with E-state index in [0.717, 1.165) is 77.7 Å². The van der Waals surface area contributed by atoms with Crippen LogP contribution in [0.3, 0.4) is 0 Å². The molecule has 0 fully saturated rings. The number of ether oxygens (including phenoxy) is 2. The number of carbonyl (C=O) groups is 2. The fraction of sp³-hybridized carbons (Fsp3) is 0.913. The fourth-order valence-corrected chi connectivity index (χ4v) is 3.17. The molecule has 29 heavy (non-hydrogen) atoms. The lowest BCUT2D eigenvalue weighted by Gasteiger charge is -2.27. The molecule has 0 aromatic carbocycles. The lowest BCUT2D eigenvalue weighted by atomic mass is 9.97. The monoisotopic (exact) mass is 414 g/mol. The first-order chi connectivity index (χ1) is 14.0. The second-order valence-electron chi connectivity index (χ2n) is 7.79. The van der Waals surface area contributed by atoms with Gasteiger partial charge in [-0.1, -0.05) is 46.0 Å². The van der Waals surface area contributed by atoms with Crippen LogP contribution in [-0.2, 0) is 19.1 Å². The van der Waals surface area contributed by atoms with Gasteiger partial charge >= 0.3 is 0 Å². The van der Waals surface area contributed by atoms with Gasteiger partial charge in [-0.2, -0.15) is 0 Å². The van der Waals surface area contributed by atoms with E-state index in [2.05, 4.69) is 13.8 Å². The van der Waals surface area contributed by atoms with Crippen LogP contribution in [0.4, 0.5) is 0 Å². The molecule has 0 aliphatic rings. The van der Waals surface area contributed by atoms with Gasteiger partial charge in [0.25, 0.3) is 0 Å². The summed E-state index contributed by atoms with van der Waals surface area (Å²) in [5, 5.41) is 0. The average molecular weight is 415 g/mol. The summed E-state index contributed by atoms with van der Waals surface area (Å²) in [6.07, 6.45) is 8.63. The fourth-order valence-electron chi connectivity index (χ4n) is 3.17. The van der Waals surface area contributed by atoms with Crippen LogP contribution < -0.4 is 0 Å². The van der Waals surface area contributed by atoms with E-state index in [9.17, 15) is 9.59 Å². The SMILES string of the molecule is CCCCN(C)C(=O)C(CCCCCCOCCOCC)C(=O)N(C)CCCC. The molecule has 0 N–H and O–H groups in total. The minimum atomic E-state index is -0.541. The second-order valence-corrected chi connectivity index (χ2v) is 7.79. The first kappa shape index (κ1) is 27.9. The summed E-state index contributed by atoms with van der Waals surface area (Å²) < 4.78 is 10.8. The van der Waals surface area contributed by atoms with Crippen LogP contribution in [0.25, 0.3) is 0 Å². The van der Waals surface area contributed by atoms with Crippen molar-refractivity contribution >= 4 is 11.8 Å². The Hall–Kier alpha value is -1.14. The number of unbranched alkanes of at least 4 members (excludes halogenated alkanes) is 5. The lowest BCUT2D eigenvalue weighted by molar-refractivity contribution is -0.146. The molecule has 0 unspecified atom stereocenters. The Labute approximate surface area is 179 Å². The summed E-state index contributed by atoms with van der Waals surface area (Å²) in [7, 11) is 3.65. The molecule has 0 saturated heterocycles. The summed E-state index contributed by atoms with van der Waals surface area (Å²) in [5.74, 6) is -0.585. The Morgan fingerprint density at radius 1 is 0.690 bits per heavy atom. The zero-order chi connectivity index (χ0) is 21.9. The molecule has 6 nitrogen and oxygen atoms in total. The lowest BCUT2D eigenvalue weighted by Crippen LogP contribution is -2.43. The highest BCUT2D eigenvalue weighted by molar-refractivity contribution is 6.00. The Morgan fingerprint density at radius 2 is 1.21 bits per heavy atom. The van der Waals surface area contributed by atoms with E-state index in [-0.39, 0.29) is 11.8 Å². The van der Waals surface area contributed by atoms with Gasteiger partial charge < -0.3 is 19.3 Å². The van der Waals surface area contributed by atoms with Gasteiger partial charge in [-0.25, -0.2) is 0 Å².